The van der Waals surface area contributed by atoms with Crippen LogP contribution in [0.4, 0.5) is 0 Å². The summed E-state index contributed by atoms with van der Waals surface area (Å²) < 4.78 is 13.6. The quantitative estimate of drug-likeness (QED) is 0.360. The number of hydrogen-bond acceptors (Lipinski definition) is 4. The highest BCUT2D eigenvalue weighted by atomic mass is 32.1. The Hall–Kier alpha value is -1.33. The van der Waals surface area contributed by atoms with Gasteiger partial charge < -0.3 is 9.16 Å². The molecule has 0 aliphatic heterocycles. The lowest BCUT2D eigenvalue weighted by atomic mass is 10.1. The Balaban J connectivity index is 2.09. The second-order valence-corrected chi connectivity index (χ2v) is 15.1. The first-order valence-electron chi connectivity index (χ1n) is 10.1. The number of carbonyl (C=O) groups is 1. The first-order valence-corrected chi connectivity index (χ1v) is 13.1. The number of fused-ring (bicyclic) bond motifs is 1. The van der Waals surface area contributed by atoms with Crippen LogP contribution in [0.3, 0.4) is 0 Å². The molecule has 27 heavy (non-hydrogen) atoms. The van der Waals surface area contributed by atoms with Crippen LogP contribution in [0.2, 0.25) is 16.6 Å². The van der Waals surface area contributed by atoms with E-state index in [2.05, 4.69) is 53.7 Å². The van der Waals surface area contributed by atoms with Gasteiger partial charge in [-0.25, -0.2) is 0 Å². The highest BCUT2D eigenvalue weighted by Crippen LogP contribution is 2.50. The summed E-state index contributed by atoms with van der Waals surface area (Å²) in [6.07, 6.45) is 2.41. The van der Waals surface area contributed by atoms with Gasteiger partial charge in [-0.3, -0.25) is 4.79 Å². The topological polar surface area (TPSA) is 35.5 Å². The Labute approximate surface area is 168 Å². The van der Waals surface area contributed by atoms with Crippen molar-refractivity contribution < 1.29 is 14.0 Å². The molecule has 1 saturated carbocycles. The zero-order valence-corrected chi connectivity index (χ0v) is 19.4. The molecule has 1 fully saturated rings. The second-order valence-electron chi connectivity index (χ2n) is 8.77. The van der Waals surface area contributed by atoms with Crippen molar-refractivity contribution in [1.29, 1.82) is 0 Å². The maximum atomic E-state index is 11.5. The van der Waals surface area contributed by atoms with Crippen molar-refractivity contribution in [2.24, 2.45) is 0 Å². The van der Waals surface area contributed by atoms with E-state index in [9.17, 15) is 4.79 Å². The molecule has 0 spiro atoms. The molecule has 2 aromatic rings. The van der Waals surface area contributed by atoms with Crippen LogP contribution in [0, 0.1) is 0 Å². The van der Waals surface area contributed by atoms with Crippen LogP contribution in [0.1, 0.15) is 72.8 Å². The second kappa shape index (κ2) is 7.59. The van der Waals surface area contributed by atoms with Crippen LogP contribution < -0.4 is 9.16 Å². The van der Waals surface area contributed by atoms with Gasteiger partial charge in [0.1, 0.15) is 11.5 Å². The summed E-state index contributed by atoms with van der Waals surface area (Å²) in [7, 11) is -1.99. The van der Waals surface area contributed by atoms with E-state index in [1.807, 2.05) is 5.38 Å². The molecule has 0 saturated heterocycles. The summed E-state index contributed by atoms with van der Waals surface area (Å²) in [5, 5.41) is 3.07. The number of benzene rings is 1. The van der Waals surface area contributed by atoms with Gasteiger partial charge in [0.25, 0.3) is 8.32 Å². The molecule has 1 aromatic carbocycles. The van der Waals surface area contributed by atoms with Crippen molar-refractivity contribution in [2.45, 2.75) is 83.8 Å². The van der Waals surface area contributed by atoms with Crippen LogP contribution in [-0.2, 0) is 4.79 Å². The summed E-state index contributed by atoms with van der Waals surface area (Å²) in [6.45, 7) is 15.4. The van der Waals surface area contributed by atoms with Gasteiger partial charge in [-0.05, 0) is 53.1 Å². The minimum atomic E-state index is -1.99. The molecular weight excluding hydrogens is 372 g/mol. The van der Waals surface area contributed by atoms with E-state index in [4.69, 9.17) is 9.16 Å². The zero-order chi connectivity index (χ0) is 19.9. The van der Waals surface area contributed by atoms with Crippen molar-refractivity contribution in [3.63, 3.8) is 0 Å². The van der Waals surface area contributed by atoms with Crippen molar-refractivity contribution in [2.75, 3.05) is 0 Å². The van der Waals surface area contributed by atoms with E-state index in [0.29, 0.717) is 28.3 Å². The average molecular weight is 405 g/mol. The van der Waals surface area contributed by atoms with E-state index in [1.165, 1.54) is 25.3 Å². The minimum Gasteiger partial charge on any atom is -0.543 e. The molecule has 1 aliphatic rings. The SMILES string of the molecule is CC(=O)Oc1csc2cc(O[Si](C(C)C)(C(C)C)C(C)C)cc(C3CC3)c12. The fourth-order valence-electron chi connectivity index (χ4n) is 4.71. The Kier molecular flexibility index (Phi) is 5.73. The van der Waals surface area contributed by atoms with Gasteiger partial charge >= 0.3 is 5.97 Å². The third-order valence-electron chi connectivity index (χ3n) is 5.92. The fourth-order valence-corrected chi connectivity index (χ4v) is 10.9. The van der Waals surface area contributed by atoms with Crippen LogP contribution in [0.25, 0.3) is 10.1 Å². The summed E-state index contributed by atoms with van der Waals surface area (Å²) in [5.41, 5.74) is 2.91. The monoisotopic (exact) mass is 404 g/mol. The van der Waals surface area contributed by atoms with Gasteiger partial charge in [-0.2, -0.15) is 0 Å². The molecule has 0 radical (unpaired) electrons. The smallest absolute Gasteiger partial charge is 0.308 e. The van der Waals surface area contributed by atoms with Crippen LogP contribution in [0.5, 0.6) is 11.5 Å². The molecule has 0 amide bonds. The average Bonchev–Trinajstić information content (AvgIpc) is 3.33. The zero-order valence-electron chi connectivity index (χ0n) is 17.6. The third-order valence-corrected chi connectivity index (χ3v) is 12.8. The van der Waals surface area contributed by atoms with E-state index in [1.54, 1.807) is 11.3 Å². The predicted octanol–water partition coefficient (Wildman–Crippen LogP) is 7.26. The fraction of sp³-hybridized carbons (Fsp3) is 0.591. The molecule has 3 nitrogen and oxygen atoms in total. The predicted molar refractivity (Wildman–Crippen MR) is 117 cm³/mol. The van der Waals surface area contributed by atoms with Crippen molar-refractivity contribution in [1.82, 2.24) is 0 Å². The van der Waals surface area contributed by atoms with Gasteiger partial charge in [0, 0.05) is 22.4 Å². The highest BCUT2D eigenvalue weighted by molar-refractivity contribution is 7.17. The molecule has 1 aromatic heterocycles. The first-order chi connectivity index (χ1) is 12.7. The molecule has 3 rings (SSSR count). The van der Waals surface area contributed by atoms with Crippen LogP contribution >= 0.6 is 11.3 Å². The summed E-state index contributed by atoms with van der Waals surface area (Å²) in [5.74, 6) is 2.01. The Bertz CT molecular complexity index is 812. The van der Waals surface area contributed by atoms with Gasteiger partial charge in [0.2, 0.25) is 0 Å². The molecule has 0 bridgehead atoms. The molecule has 1 heterocycles. The summed E-state index contributed by atoms with van der Waals surface area (Å²) in [4.78, 5) is 11.5. The molecule has 0 unspecified atom stereocenters. The number of ether oxygens (including phenoxy) is 1. The van der Waals surface area contributed by atoms with E-state index in [0.717, 1.165) is 15.8 Å². The lowest BCUT2D eigenvalue weighted by Crippen LogP contribution is -2.50. The highest BCUT2D eigenvalue weighted by Gasteiger charge is 2.47. The molecule has 148 valence electrons. The van der Waals surface area contributed by atoms with Crippen molar-refractivity contribution in [3.8, 4) is 11.5 Å². The van der Waals surface area contributed by atoms with E-state index in [-0.39, 0.29) is 5.97 Å². The third kappa shape index (κ3) is 3.81. The molecule has 5 heteroatoms. The van der Waals surface area contributed by atoms with Crippen molar-refractivity contribution >= 4 is 35.7 Å². The number of esters is 1. The molecule has 0 atom stereocenters. The number of rotatable bonds is 7. The molecule has 0 N–H and O–H groups in total. The van der Waals surface area contributed by atoms with Gasteiger partial charge in [-0.15, -0.1) is 11.3 Å². The Morgan fingerprint density at radius 2 is 1.67 bits per heavy atom. The normalized spacial score (nSPS) is 15.2. The van der Waals surface area contributed by atoms with Gasteiger partial charge in [0.05, 0.1) is 0 Å². The lowest BCUT2D eigenvalue weighted by molar-refractivity contribution is -0.131. The Morgan fingerprint density at radius 1 is 1.07 bits per heavy atom. The minimum absolute atomic E-state index is 0.261. The van der Waals surface area contributed by atoms with Crippen LogP contribution in [-0.4, -0.2) is 14.3 Å². The van der Waals surface area contributed by atoms with Gasteiger partial charge in [-0.1, -0.05) is 41.5 Å². The molecule has 1 aliphatic carbocycles. The standard InChI is InChI=1S/C22H32O3SSi/c1-13(2)27(14(3)4,15(5)6)25-18-10-19(17-8-9-17)22-20(24-16(7)23)12-26-21(22)11-18/h10-15,17H,8-9H2,1-7H3. The van der Waals surface area contributed by atoms with Crippen LogP contribution in [0.15, 0.2) is 17.5 Å². The number of thiophene rings is 1. The Morgan fingerprint density at radius 3 is 2.15 bits per heavy atom. The molecular formula is C22H32O3SSi. The van der Waals surface area contributed by atoms with E-state index < -0.39 is 8.32 Å². The summed E-state index contributed by atoms with van der Waals surface area (Å²) >= 11 is 1.64. The summed E-state index contributed by atoms with van der Waals surface area (Å²) in [6, 6.07) is 4.39. The van der Waals surface area contributed by atoms with E-state index >= 15 is 0 Å². The maximum Gasteiger partial charge on any atom is 0.308 e. The first kappa shape index (κ1) is 20.4. The maximum absolute atomic E-state index is 11.5. The largest absolute Gasteiger partial charge is 0.543 e. The number of carbonyl (C=O) groups excluding carboxylic acids is 1. The lowest BCUT2D eigenvalue weighted by Gasteiger charge is -2.42. The number of hydrogen-bond donors (Lipinski definition) is 0. The van der Waals surface area contributed by atoms with Crippen molar-refractivity contribution in [3.05, 3.63) is 23.1 Å². The van der Waals surface area contributed by atoms with Gasteiger partial charge in [0.15, 0.2) is 0 Å².